The third kappa shape index (κ3) is 5.59. The molecule has 0 bridgehead atoms. The van der Waals surface area contributed by atoms with Crippen LogP contribution in [0.5, 0.6) is 0 Å². The average molecular weight is 470 g/mol. The first kappa shape index (κ1) is 21.7. The number of furan rings is 1. The smallest absolute Gasteiger partial charge is 0.253 e. The van der Waals surface area contributed by atoms with E-state index in [4.69, 9.17) is 10.2 Å². The van der Waals surface area contributed by atoms with E-state index in [0.717, 1.165) is 5.69 Å². The number of para-hydroxylation sites is 1. The molecule has 0 aliphatic rings. The Kier molecular flexibility index (Phi) is 6.92. The van der Waals surface area contributed by atoms with Crippen LogP contribution in [0.25, 0.3) is 5.69 Å². The van der Waals surface area contributed by atoms with Crippen LogP contribution in [0, 0.1) is 0 Å². The van der Waals surface area contributed by atoms with Crippen LogP contribution in [-0.2, 0) is 17.1 Å². The second-order valence-electron chi connectivity index (χ2n) is 6.48. The quantitative estimate of drug-likeness (QED) is 0.248. The molecule has 0 aliphatic carbocycles. The molecule has 0 saturated carbocycles. The topological polar surface area (TPSA) is 145 Å². The number of amides is 1. The van der Waals surface area contributed by atoms with Crippen LogP contribution in [-0.4, -0.2) is 36.4 Å². The van der Waals surface area contributed by atoms with Crippen LogP contribution in [0.4, 0.5) is 5.82 Å². The van der Waals surface area contributed by atoms with Crippen LogP contribution >= 0.6 is 23.5 Å². The van der Waals surface area contributed by atoms with Crippen molar-refractivity contribution in [3.8, 4) is 5.69 Å². The standard InChI is InChI=1S/C20H19N7O3S2/c21-15-9-17(28)24-19(23-15)31-11-16-25-26-20(27(16)13-5-2-1-3-6-13)32-12-18(29)22-10-14-7-4-8-30-14/h1-9H,10-12H2,(H,22,29)(H3,21,23,24,28). The molecule has 1 amide bonds. The zero-order valence-electron chi connectivity index (χ0n) is 16.7. The van der Waals surface area contributed by atoms with Crippen molar-refractivity contribution in [1.82, 2.24) is 30.0 Å². The van der Waals surface area contributed by atoms with Gasteiger partial charge in [-0.15, -0.1) is 10.2 Å². The van der Waals surface area contributed by atoms with Crippen molar-refractivity contribution in [2.45, 2.75) is 22.6 Å². The minimum Gasteiger partial charge on any atom is -0.467 e. The van der Waals surface area contributed by atoms with Crippen molar-refractivity contribution in [3.63, 3.8) is 0 Å². The predicted molar refractivity (Wildman–Crippen MR) is 121 cm³/mol. The third-order valence-corrected chi connectivity index (χ3v) is 5.96. The molecule has 0 fully saturated rings. The van der Waals surface area contributed by atoms with Crippen LogP contribution in [0.15, 0.2) is 74.3 Å². The van der Waals surface area contributed by atoms with Crippen molar-refractivity contribution < 1.29 is 9.21 Å². The number of carbonyl (C=O) groups is 1. The van der Waals surface area contributed by atoms with Gasteiger partial charge in [0, 0.05) is 11.8 Å². The highest BCUT2D eigenvalue weighted by molar-refractivity contribution is 7.99. The molecular weight excluding hydrogens is 450 g/mol. The summed E-state index contributed by atoms with van der Waals surface area (Å²) in [5.74, 6) is 1.89. The zero-order chi connectivity index (χ0) is 22.3. The van der Waals surface area contributed by atoms with E-state index in [2.05, 4.69) is 25.5 Å². The average Bonchev–Trinajstić information content (AvgIpc) is 3.44. The van der Waals surface area contributed by atoms with Gasteiger partial charge in [0.1, 0.15) is 17.4 Å². The van der Waals surface area contributed by atoms with Gasteiger partial charge in [0.2, 0.25) is 5.91 Å². The summed E-state index contributed by atoms with van der Waals surface area (Å²) in [6.07, 6.45) is 1.56. The lowest BCUT2D eigenvalue weighted by Gasteiger charge is -2.10. The molecule has 0 radical (unpaired) electrons. The van der Waals surface area contributed by atoms with Crippen LogP contribution in [0.1, 0.15) is 11.6 Å². The fourth-order valence-electron chi connectivity index (χ4n) is 2.76. The highest BCUT2D eigenvalue weighted by atomic mass is 32.2. The Balaban J connectivity index is 1.47. The van der Waals surface area contributed by atoms with E-state index in [9.17, 15) is 9.59 Å². The zero-order valence-corrected chi connectivity index (χ0v) is 18.4. The number of nitrogens with one attached hydrogen (secondary N) is 2. The van der Waals surface area contributed by atoms with Crippen molar-refractivity contribution in [1.29, 1.82) is 0 Å². The summed E-state index contributed by atoms with van der Waals surface area (Å²) < 4.78 is 7.10. The van der Waals surface area contributed by atoms with E-state index in [1.807, 2.05) is 34.9 Å². The molecule has 4 N–H and O–H groups in total. The number of aromatic nitrogens is 5. The number of carbonyl (C=O) groups excluding carboxylic acids is 1. The number of rotatable bonds is 9. The monoisotopic (exact) mass is 469 g/mol. The number of H-pyrrole nitrogens is 1. The first-order chi connectivity index (χ1) is 15.6. The van der Waals surface area contributed by atoms with E-state index < -0.39 is 0 Å². The minimum absolute atomic E-state index is 0.147. The first-order valence-corrected chi connectivity index (χ1v) is 11.5. The number of thioether (sulfide) groups is 2. The van der Waals surface area contributed by atoms with Crippen LogP contribution in [0.3, 0.4) is 0 Å². The SMILES string of the molecule is Nc1cc(=O)[nH]c(SCc2nnc(SCC(=O)NCc3ccco3)n2-c2ccccc2)n1. The van der Waals surface area contributed by atoms with E-state index in [0.29, 0.717) is 34.2 Å². The summed E-state index contributed by atoms with van der Waals surface area (Å²) in [5, 5.41) is 12.3. The lowest BCUT2D eigenvalue weighted by molar-refractivity contribution is -0.118. The summed E-state index contributed by atoms with van der Waals surface area (Å²) >= 11 is 2.56. The Morgan fingerprint density at radius 3 is 2.75 bits per heavy atom. The maximum atomic E-state index is 12.3. The number of nitrogens with two attached hydrogens (primary N) is 1. The van der Waals surface area contributed by atoms with Crippen LogP contribution < -0.4 is 16.6 Å². The summed E-state index contributed by atoms with van der Waals surface area (Å²) in [6, 6.07) is 14.4. The van der Waals surface area contributed by atoms with E-state index >= 15 is 0 Å². The van der Waals surface area contributed by atoms with Gasteiger partial charge >= 0.3 is 0 Å². The fraction of sp³-hybridized carbons (Fsp3) is 0.150. The van der Waals surface area contributed by atoms with Gasteiger partial charge < -0.3 is 20.5 Å². The van der Waals surface area contributed by atoms with Gasteiger partial charge in [-0.3, -0.25) is 14.2 Å². The molecule has 3 heterocycles. The maximum Gasteiger partial charge on any atom is 0.253 e. The maximum absolute atomic E-state index is 12.3. The van der Waals surface area contributed by atoms with Crippen molar-refractivity contribution in [3.05, 3.63) is 76.7 Å². The minimum atomic E-state index is -0.318. The number of hydrogen-bond acceptors (Lipinski definition) is 9. The van der Waals surface area contributed by atoms with E-state index in [1.54, 1.807) is 18.4 Å². The second-order valence-corrected chi connectivity index (χ2v) is 8.39. The van der Waals surface area contributed by atoms with Crippen LogP contribution in [0.2, 0.25) is 0 Å². The fourth-order valence-corrected chi connectivity index (χ4v) is 4.35. The second kappa shape index (κ2) is 10.2. The molecule has 12 heteroatoms. The molecule has 0 spiro atoms. The van der Waals surface area contributed by atoms with Crippen molar-refractivity contribution in [2.75, 3.05) is 11.5 Å². The molecule has 4 rings (SSSR count). The molecular formula is C20H19N7O3S2. The molecule has 32 heavy (non-hydrogen) atoms. The third-order valence-electron chi connectivity index (χ3n) is 4.16. The molecule has 10 nitrogen and oxygen atoms in total. The molecule has 0 saturated heterocycles. The van der Waals surface area contributed by atoms with Gasteiger partial charge in [-0.1, -0.05) is 41.7 Å². The number of benzene rings is 1. The first-order valence-electron chi connectivity index (χ1n) is 9.50. The Morgan fingerprint density at radius 1 is 1.16 bits per heavy atom. The molecule has 0 unspecified atom stereocenters. The summed E-state index contributed by atoms with van der Waals surface area (Å²) in [4.78, 5) is 30.6. The van der Waals surface area contributed by atoms with Gasteiger partial charge in [-0.05, 0) is 24.3 Å². The van der Waals surface area contributed by atoms with Gasteiger partial charge in [0.05, 0.1) is 24.3 Å². The molecule has 0 atom stereocenters. The number of aromatic amines is 1. The van der Waals surface area contributed by atoms with E-state index in [-0.39, 0.29) is 23.0 Å². The molecule has 1 aromatic carbocycles. The highest BCUT2D eigenvalue weighted by Crippen LogP contribution is 2.25. The molecule has 0 aliphatic heterocycles. The summed E-state index contributed by atoms with van der Waals surface area (Å²) in [7, 11) is 0. The largest absolute Gasteiger partial charge is 0.467 e. The molecule has 4 aromatic rings. The number of nitrogen functional groups attached to an aromatic ring is 1. The van der Waals surface area contributed by atoms with Gasteiger partial charge in [-0.2, -0.15) is 0 Å². The molecule has 3 aromatic heterocycles. The lowest BCUT2D eigenvalue weighted by atomic mass is 10.3. The highest BCUT2D eigenvalue weighted by Gasteiger charge is 2.17. The normalized spacial score (nSPS) is 10.9. The Morgan fingerprint density at radius 2 is 2.00 bits per heavy atom. The number of anilines is 1. The molecule has 164 valence electrons. The predicted octanol–water partition coefficient (Wildman–Crippen LogP) is 2.23. The Bertz CT molecular complexity index is 1240. The Hall–Kier alpha value is -3.51. The van der Waals surface area contributed by atoms with Gasteiger partial charge in [-0.25, -0.2) is 4.98 Å². The van der Waals surface area contributed by atoms with E-state index in [1.165, 1.54) is 29.6 Å². The number of nitrogens with zero attached hydrogens (tertiary/aromatic N) is 4. The summed E-state index contributed by atoms with van der Waals surface area (Å²) in [6.45, 7) is 0.324. The van der Waals surface area contributed by atoms with Crippen molar-refractivity contribution >= 4 is 35.2 Å². The summed E-state index contributed by atoms with van der Waals surface area (Å²) in [5.41, 5.74) is 6.20. The van der Waals surface area contributed by atoms with Gasteiger partial charge in [0.25, 0.3) is 5.56 Å². The number of hydrogen-bond donors (Lipinski definition) is 3. The van der Waals surface area contributed by atoms with Crippen molar-refractivity contribution in [2.24, 2.45) is 0 Å². The van der Waals surface area contributed by atoms with Gasteiger partial charge in [0.15, 0.2) is 10.3 Å². The Labute approximate surface area is 191 Å². The lowest BCUT2D eigenvalue weighted by Crippen LogP contribution is -2.24.